The maximum atomic E-state index is 11.9. The van der Waals surface area contributed by atoms with Crippen molar-refractivity contribution >= 4 is 16.8 Å². The van der Waals surface area contributed by atoms with Crippen LogP contribution in [0.5, 0.6) is 0 Å². The predicted octanol–water partition coefficient (Wildman–Crippen LogP) is 1.64. The summed E-state index contributed by atoms with van der Waals surface area (Å²) in [6.45, 7) is 1.22. The molecule has 0 saturated heterocycles. The molecule has 1 aromatic heterocycles. The summed E-state index contributed by atoms with van der Waals surface area (Å²) in [6, 6.07) is 8.65. The van der Waals surface area contributed by atoms with Gasteiger partial charge in [0.05, 0.1) is 0 Å². The van der Waals surface area contributed by atoms with Gasteiger partial charge in [0.2, 0.25) is 5.91 Å². The van der Waals surface area contributed by atoms with Crippen LogP contribution >= 0.6 is 0 Å². The van der Waals surface area contributed by atoms with Gasteiger partial charge in [-0.3, -0.25) is 4.79 Å². The molecule has 4 nitrogen and oxygen atoms in total. The molecule has 2 aromatic rings. The molecule has 0 bridgehead atoms. The van der Waals surface area contributed by atoms with Gasteiger partial charge in [-0.1, -0.05) is 18.2 Å². The van der Waals surface area contributed by atoms with E-state index in [4.69, 9.17) is 0 Å². The highest BCUT2D eigenvalue weighted by atomic mass is 16.2. The highest BCUT2D eigenvalue weighted by Crippen LogP contribution is 2.22. The van der Waals surface area contributed by atoms with Crippen molar-refractivity contribution in [1.82, 2.24) is 15.2 Å². The average molecular weight is 257 g/mol. The van der Waals surface area contributed by atoms with Crippen molar-refractivity contribution in [1.29, 1.82) is 0 Å². The number of para-hydroxylation sites is 1. The number of hydrogen-bond donors (Lipinski definition) is 2. The molecule has 1 saturated carbocycles. The van der Waals surface area contributed by atoms with E-state index in [1.54, 1.807) is 0 Å². The fraction of sp³-hybridized carbons (Fsp3) is 0.400. The van der Waals surface area contributed by atoms with Crippen molar-refractivity contribution in [2.24, 2.45) is 0 Å². The molecule has 1 fully saturated rings. The van der Waals surface area contributed by atoms with E-state index in [0.29, 0.717) is 12.6 Å². The van der Waals surface area contributed by atoms with E-state index < -0.39 is 0 Å². The zero-order chi connectivity index (χ0) is 13.2. The van der Waals surface area contributed by atoms with Crippen molar-refractivity contribution in [3.05, 3.63) is 36.0 Å². The quantitative estimate of drug-likeness (QED) is 0.855. The third-order valence-corrected chi connectivity index (χ3v) is 3.49. The van der Waals surface area contributed by atoms with Crippen LogP contribution in [-0.4, -0.2) is 23.6 Å². The smallest absolute Gasteiger partial charge is 0.240 e. The van der Waals surface area contributed by atoms with Crippen molar-refractivity contribution in [2.45, 2.75) is 32.0 Å². The number of nitrogens with one attached hydrogen (secondary N) is 2. The second-order valence-corrected chi connectivity index (χ2v) is 5.17. The van der Waals surface area contributed by atoms with Gasteiger partial charge in [0.1, 0.15) is 6.54 Å². The molecule has 100 valence electrons. The molecule has 3 rings (SSSR count). The SMILES string of the molecule is CNCc1cn(CC(=O)NC2CC2)c2ccccc12. The van der Waals surface area contributed by atoms with E-state index in [1.165, 1.54) is 10.9 Å². The van der Waals surface area contributed by atoms with Gasteiger partial charge in [-0.2, -0.15) is 0 Å². The molecule has 0 spiro atoms. The number of amides is 1. The van der Waals surface area contributed by atoms with Gasteiger partial charge in [-0.25, -0.2) is 0 Å². The van der Waals surface area contributed by atoms with E-state index in [9.17, 15) is 4.79 Å². The summed E-state index contributed by atoms with van der Waals surface area (Å²) in [5, 5.41) is 7.42. The highest BCUT2D eigenvalue weighted by Gasteiger charge is 2.23. The fourth-order valence-corrected chi connectivity index (χ4v) is 2.44. The Morgan fingerprint density at radius 2 is 2.16 bits per heavy atom. The summed E-state index contributed by atoms with van der Waals surface area (Å²) in [7, 11) is 1.94. The van der Waals surface area contributed by atoms with Crippen LogP contribution in [0.2, 0.25) is 0 Å². The summed E-state index contributed by atoms with van der Waals surface area (Å²) in [5.41, 5.74) is 2.36. The Balaban J connectivity index is 1.86. The predicted molar refractivity (Wildman–Crippen MR) is 75.9 cm³/mol. The number of fused-ring (bicyclic) bond motifs is 1. The van der Waals surface area contributed by atoms with E-state index in [1.807, 2.05) is 23.7 Å². The van der Waals surface area contributed by atoms with Crippen LogP contribution in [0, 0.1) is 0 Å². The Labute approximate surface area is 112 Å². The molecule has 4 heteroatoms. The van der Waals surface area contributed by atoms with Gasteiger partial charge in [0, 0.05) is 29.7 Å². The summed E-state index contributed by atoms with van der Waals surface area (Å²) in [4.78, 5) is 11.9. The van der Waals surface area contributed by atoms with E-state index >= 15 is 0 Å². The standard InChI is InChI=1S/C15H19N3O/c1-16-8-11-9-18(10-15(19)17-12-6-7-12)14-5-3-2-4-13(11)14/h2-5,9,12,16H,6-8,10H2,1H3,(H,17,19). The lowest BCUT2D eigenvalue weighted by Crippen LogP contribution is -2.29. The van der Waals surface area contributed by atoms with Gasteiger partial charge in [0.15, 0.2) is 0 Å². The Hall–Kier alpha value is -1.81. The molecule has 1 amide bonds. The van der Waals surface area contributed by atoms with Crippen molar-refractivity contribution in [2.75, 3.05) is 7.05 Å². The molecule has 0 atom stereocenters. The minimum absolute atomic E-state index is 0.110. The highest BCUT2D eigenvalue weighted by molar-refractivity contribution is 5.86. The molecular weight excluding hydrogens is 238 g/mol. The first kappa shape index (κ1) is 12.2. The van der Waals surface area contributed by atoms with Crippen LogP contribution in [0.4, 0.5) is 0 Å². The number of nitrogens with zero attached hydrogens (tertiary/aromatic N) is 1. The lowest BCUT2D eigenvalue weighted by atomic mass is 10.2. The zero-order valence-electron chi connectivity index (χ0n) is 11.1. The Morgan fingerprint density at radius 1 is 1.37 bits per heavy atom. The van der Waals surface area contributed by atoms with Gasteiger partial charge in [-0.15, -0.1) is 0 Å². The molecule has 0 aliphatic heterocycles. The number of carbonyl (C=O) groups excluding carboxylic acids is 1. The third kappa shape index (κ3) is 2.63. The summed E-state index contributed by atoms with van der Waals surface area (Å²) in [5.74, 6) is 0.110. The molecule has 1 heterocycles. The average Bonchev–Trinajstić information content (AvgIpc) is 3.15. The van der Waals surface area contributed by atoms with Gasteiger partial charge < -0.3 is 15.2 Å². The van der Waals surface area contributed by atoms with E-state index in [2.05, 4.69) is 29.0 Å². The number of carbonyl (C=O) groups is 1. The molecule has 19 heavy (non-hydrogen) atoms. The Bertz CT molecular complexity index is 598. The normalized spacial score (nSPS) is 14.8. The summed E-state index contributed by atoms with van der Waals surface area (Å²) in [6.07, 6.45) is 4.33. The van der Waals surface area contributed by atoms with Crippen LogP contribution in [-0.2, 0) is 17.9 Å². The van der Waals surface area contributed by atoms with Gasteiger partial charge >= 0.3 is 0 Å². The number of hydrogen-bond acceptors (Lipinski definition) is 2. The second kappa shape index (κ2) is 5.05. The maximum Gasteiger partial charge on any atom is 0.240 e. The number of rotatable bonds is 5. The van der Waals surface area contributed by atoms with E-state index in [0.717, 1.165) is 24.9 Å². The van der Waals surface area contributed by atoms with Gasteiger partial charge in [0.25, 0.3) is 0 Å². The van der Waals surface area contributed by atoms with Crippen LogP contribution < -0.4 is 10.6 Å². The van der Waals surface area contributed by atoms with Crippen molar-refractivity contribution in [3.8, 4) is 0 Å². The lowest BCUT2D eigenvalue weighted by Gasteiger charge is -2.05. The van der Waals surface area contributed by atoms with Gasteiger partial charge in [-0.05, 0) is 31.5 Å². The van der Waals surface area contributed by atoms with Crippen molar-refractivity contribution in [3.63, 3.8) is 0 Å². The first-order chi connectivity index (χ1) is 9.28. The molecule has 1 aromatic carbocycles. The summed E-state index contributed by atoms with van der Waals surface area (Å²) >= 11 is 0. The fourth-order valence-electron chi connectivity index (χ4n) is 2.44. The minimum atomic E-state index is 0.110. The topological polar surface area (TPSA) is 46.1 Å². The van der Waals surface area contributed by atoms with Crippen LogP contribution in [0.15, 0.2) is 30.5 Å². The largest absolute Gasteiger partial charge is 0.352 e. The maximum absolute atomic E-state index is 11.9. The summed E-state index contributed by atoms with van der Waals surface area (Å²) < 4.78 is 2.04. The molecule has 0 radical (unpaired) electrons. The lowest BCUT2D eigenvalue weighted by molar-refractivity contribution is -0.121. The minimum Gasteiger partial charge on any atom is -0.352 e. The zero-order valence-corrected chi connectivity index (χ0v) is 11.1. The second-order valence-electron chi connectivity index (χ2n) is 5.17. The Morgan fingerprint density at radius 3 is 2.89 bits per heavy atom. The number of benzene rings is 1. The van der Waals surface area contributed by atoms with E-state index in [-0.39, 0.29) is 5.91 Å². The third-order valence-electron chi connectivity index (χ3n) is 3.49. The van der Waals surface area contributed by atoms with Crippen LogP contribution in [0.3, 0.4) is 0 Å². The first-order valence-electron chi connectivity index (χ1n) is 6.78. The molecule has 0 unspecified atom stereocenters. The Kier molecular flexibility index (Phi) is 3.25. The van der Waals surface area contributed by atoms with Crippen LogP contribution in [0.25, 0.3) is 10.9 Å². The van der Waals surface area contributed by atoms with Crippen molar-refractivity contribution < 1.29 is 4.79 Å². The molecule has 1 aliphatic rings. The molecule has 1 aliphatic carbocycles. The number of aromatic nitrogens is 1. The monoisotopic (exact) mass is 257 g/mol. The first-order valence-corrected chi connectivity index (χ1v) is 6.78. The van der Waals surface area contributed by atoms with Crippen LogP contribution in [0.1, 0.15) is 18.4 Å². The molecular formula is C15H19N3O. The molecule has 2 N–H and O–H groups in total.